The second-order valence-electron chi connectivity index (χ2n) is 5.08. The zero-order valence-electron chi connectivity index (χ0n) is 12.5. The van der Waals surface area contributed by atoms with Crippen molar-refractivity contribution in [3.05, 3.63) is 76.3 Å². The molecule has 0 fully saturated rings. The van der Waals surface area contributed by atoms with Crippen LogP contribution in [0.2, 0.25) is 0 Å². The fraction of sp³-hybridized carbons (Fsp3) is 0.111. The van der Waals surface area contributed by atoms with Crippen molar-refractivity contribution in [2.75, 3.05) is 0 Å². The van der Waals surface area contributed by atoms with Gasteiger partial charge in [0.2, 0.25) is 5.89 Å². The van der Waals surface area contributed by atoms with Gasteiger partial charge in [-0.3, -0.25) is 4.79 Å². The molecule has 6 heteroatoms. The number of ether oxygens (including phenoxy) is 1. The Kier molecular flexibility index (Phi) is 5.05. The standard InChI is InChI=1S/C18H13BrFNO3/c19-14-7-6-13(16(20)8-14)10-23-17(22)9-15-11-24-18(21-15)12-4-2-1-3-5-12/h1-8,11H,9-10H2. The highest BCUT2D eigenvalue weighted by Crippen LogP contribution is 2.19. The summed E-state index contributed by atoms with van der Waals surface area (Å²) in [6.45, 7) is -0.124. The SMILES string of the molecule is O=C(Cc1coc(-c2ccccc2)n1)OCc1ccc(Br)cc1F. The number of esters is 1. The minimum Gasteiger partial charge on any atom is -0.460 e. The van der Waals surface area contributed by atoms with Gasteiger partial charge in [0, 0.05) is 15.6 Å². The van der Waals surface area contributed by atoms with Crippen LogP contribution in [0, 0.1) is 5.82 Å². The first-order chi connectivity index (χ1) is 11.6. The molecule has 0 saturated carbocycles. The van der Waals surface area contributed by atoms with Crippen LogP contribution in [0.3, 0.4) is 0 Å². The predicted octanol–water partition coefficient (Wildman–Crippen LogP) is 4.53. The average molecular weight is 390 g/mol. The van der Waals surface area contributed by atoms with Gasteiger partial charge < -0.3 is 9.15 Å². The van der Waals surface area contributed by atoms with Crippen molar-refractivity contribution >= 4 is 21.9 Å². The molecule has 0 bridgehead atoms. The quantitative estimate of drug-likeness (QED) is 0.601. The van der Waals surface area contributed by atoms with Gasteiger partial charge in [0.05, 0.1) is 12.1 Å². The Morgan fingerprint density at radius 1 is 1.21 bits per heavy atom. The number of carbonyl (C=O) groups excluding carboxylic acids is 1. The molecule has 0 aliphatic heterocycles. The molecule has 0 N–H and O–H groups in total. The van der Waals surface area contributed by atoms with Gasteiger partial charge in [-0.2, -0.15) is 0 Å². The minimum absolute atomic E-state index is 0.0333. The summed E-state index contributed by atoms with van der Waals surface area (Å²) in [7, 11) is 0. The Morgan fingerprint density at radius 2 is 2.00 bits per heavy atom. The first kappa shape index (κ1) is 16.4. The zero-order valence-corrected chi connectivity index (χ0v) is 14.1. The number of halogens is 2. The highest BCUT2D eigenvalue weighted by atomic mass is 79.9. The van der Waals surface area contributed by atoms with Gasteiger partial charge in [0.1, 0.15) is 18.7 Å². The van der Waals surface area contributed by atoms with E-state index in [9.17, 15) is 9.18 Å². The fourth-order valence-electron chi connectivity index (χ4n) is 2.10. The summed E-state index contributed by atoms with van der Waals surface area (Å²) in [6.07, 6.45) is 1.39. The maximum Gasteiger partial charge on any atom is 0.312 e. The topological polar surface area (TPSA) is 52.3 Å². The zero-order chi connectivity index (χ0) is 16.9. The Labute approximate surface area is 146 Å². The first-order valence-corrected chi connectivity index (χ1v) is 8.00. The van der Waals surface area contributed by atoms with Gasteiger partial charge in [-0.05, 0) is 24.3 Å². The number of aromatic nitrogens is 1. The van der Waals surface area contributed by atoms with Crippen molar-refractivity contribution < 1.29 is 18.3 Å². The van der Waals surface area contributed by atoms with Crippen LogP contribution in [-0.4, -0.2) is 11.0 Å². The number of benzene rings is 2. The normalized spacial score (nSPS) is 10.6. The molecule has 3 aromatic rings. The van der Waals surface area contributed by atoms with E-state index in [0.717, 1.165) is 5.56 Å². The van der Waals surface area contributed by atoms with Crippen molar-refractivity contribution in [1.29, 1.82) is 0 Å². The van der Waals surface area contributed by atoms with E-state index in [2.05, 4.69) is 20.9 Å². The van der Waals surface area contributed by atoms with Crippen molar-refractivity contribution in [2.45, 2.75) is 13.0 Å². The number of nitrogens with zero attached hydrogens (tertiary/aromatic N) is 1. The van der Waals surface area contributed by atoms with Crippen molar-refractivity contribution in [3.63, 3.8) is 0 Å². The van der Waals surface area contributed by atoms with Crippen LogP contribution >= 0.6 is 15.9 Å². The average Bonchev–Trinajstić information content (AvgIpc) is 3.03. The third kappa shape index (κ3) is 4.08. The Hall–Kier alpha value is -2.47. The molecule has 0 unspecified atom stereocenters. The number of rotatable bonds is 5. The lowest BCUT2D eigenvalue weighted by atomic mass is 10.2. The second-order valence-corrected chi connectivity index (χ2v) is 6.00. The van der Waals surface area contributed by atoms with Crippen LogP contribution in [0.4, 0.5) is 4.39 Å². The first-order valence-electron chi connectivity index (χ1n) is 7.21. The lowest BCUT2D eigenvalue weighted by molar-refractivity contribution is -0.144. The highest BCUT2D eigenvalue weighted by Gasteiger charge is 2.12. The molecule has 122 valence electrons. The molecule has 0 saturated heterocycles. The van der Waals surface area contributed by atoms with E-state index in [4.69, 9.17) is 9.15 Å². The van der Waals surface area contributed by atoms with E-state index < -0.39 is 11.8 Å². The Balaban J connectivity index is 1.58. The summed E-state index contributed by atoms with van der Waals surface area (Å²) in [5.74, 6) is -0.479. The van der Waals surface area contributed by atoms with Crippen LogP contribution in [0.15, 0.2) is 63.7 Å². The number of hydrogen-bond donors (Lipinski definition) is 0. The maximum absolute atomic E-state index is 13.7. The molecule has 24 heavy (non-hydrogen) atoms. The molecule has 0 aliphatic carbocycles. The molecule has 2 aromatic carbocycles. The van der Waals surface area contributed by atoms with Gasteiger partial charge in [-0.1, -0.05) is 40.2 Å². The van der Waals surface area contributed by atoms with Crippen LogP contribution in [0.5, 0.6) is 0 Å². The van der Waals surface area contributed by atoms with Gasteiger partial charge in [0.25, 0.3) is 0 Å². The van der Waals surface area contributed by atoms with E-state index in [-0.39, 0.29) is 13.0 Å². The highest BCUT2D eigenvalue weighted by molar-refractivity contribution is 9.10. The number of oxazole rings is 1. The van der Waals surface area contributed by atoms with E-state index >= 15 is 0 Å². The smallest absolute Gasteiger partial charge is 0.312 e. The number of carbonyl (C=O) groups is 1. The van der Waals surface area contributed by atoms with Gasteiger partial charge in [-0.25, -0.2) is 9.37 Å². The third-order valence-corrected chi connectivity index (χ3v) is 3.79. The Bertz CT molecular complexity index is 848. The molecule has 3 rings (SSSR count). The van der Waals surface area contributed by atoms with Crippen LogP contribution in [0.25, 0.3) is 11.5 Å². The van der Waals surface area contributed by atoms with E-state index in [1.54, 1.807) is 12.1 Å². The molecule has 4 nitrogen and oxygen atoms in total. The Morgan fingerprint density at radius 3 is 2.75 bits per heavy atom. The molecule has 0 radical (unpaired) electrons. The molecule has 0 spiro atoms. The molecule has 1 heterocycles. The third-order valence-electron chi connectivity index (χ3n) is 3.30. The molecule has 0 atom stereocenters. The monoisotopic (exact) mass is 389 g/mol. The lowest BCUT2D eigenvalue weighted by Gasteiger charge is -2.05. The van der Waals surface area contributed by atoms with Gasteiger partial charge in [-0.15, -0.1) is 0 Å². The fourth-order valence-corrected chi connectivity index (χ4v) is 2.43. The molecule has 1 aromatic heterocycles. The molecule has 0 amide bonds. The van der Waals surface area contributed by atoms with Gasteiger partial charge in [0.15, 0.2) is 0 Å². The predicted molar refractivity (Wildman–Crippen MR) is 89.5 cm³/mol. The summed E-state index contributed by atoms with van der Waals surface area (Å²) >= 11 is 3.18. The summed E-state index contributed by atoms with van der Waals surface area (Å²) in [4.78, 5) is 16.1. The maximum atomic E-state index is 13.7. The summed E-state index contributed by atoms with van der Waals surface area (Å²) in [5, 5.41) is 0. The molecular formula is C18H13BrFNO3. The van der Waals surface area contributed by atoms with E-state index in [0.29, 0.717) is 21.6 Å². The van der Waals surface area contributed by atoms with Crippen LogP contribution in [0.1, 0.15) is 11.3 Å². The van der Waals surface area contributed by atoms with Crippen molar-refractivity contribution in [3.8, 4) is 11.5 Å². The van der Waals surface area contributed by atoms with Crippen LogP contribution < -0.4 is 0 Å². The summed E-state index contributed by atoms with van der Waals surface area (Å²) < 4.78 is 24.8. The summed E-state index contributed by atoms with van der Waals surface area (Å²) in [6, 6.07) is 14.0. The van der Waals surface area contributed by atoms with Crippen molar-refractivity contribution in [1.82, 2.24) is 4.98 Å². The summed E-state index contributed by atoms with van der Waals surface area (Å²) in [5.41, 5.74) is 1.61. The van der Waals surface area contributed by atoms with Crippen molar-refractivity contribution in [2.24, 2.45) is 0 Å². The van der Waals surface area contributed by atoms with Gasteiger partial charge >= 0.3 is 5.97 Å². The molecule has 0 aliphatic rings. The lowest BCUT2D eigenvalue weighted by Crippen LogP contribution is -2.09. The number of hydrogen-bond acceptors (Lipinski definition) is 4. The van der Waals surface area contributed by atoms with E-state index in [1.807, 2.05) is 30.3 Å². The molecular weight excluding hydrogens is 377 g/mol. The van der Waals surface area contributed by atoms with E-state index in [1.165, 1.54) is 12.3 Å². The largest absolute Gasteiger partial charge is 0.460 e. The van der Waals surface area contributed by atoms with Crippen LogP contribution in [-0.2, 0) is 22.6 Å². The minimum atomic E-state index is -0.495. The second kappa shape index (κ2) is 7.40.